The standard InChI is InChI=1S/C13H17F3OS/c1-2-3-4-7-18-12-6-5-10(9-17)8-11(12)13(14,15)16/h5-6,8,17H,2-4,7,9H2,1H3. The van der Waals surface area contributed by atoms with Crippen LogP contribution in [0.2, 0.25) is 0 Å². The zero-order valence-electron chi connectivity index (χ0n) is 10.3. The van der Waals surface area contributed by atoms with Crippen LogP contribution in [0.5, 0.6) is 0 Å². The van der Waals surface area contributed by atoms with Gasteiger partial charge in [-0.25, -0.2) is 0 Å². The number of thioether (sulfide) groups is 1. The number of halogens is 3. The molecule has 0 aliphatic heterocycles. The third-order valence-electron chi connectivity index (χ3n) is 2.54. The molecule has 18 heavy (non-hydrogen) atoms. The summed E-state index contributed by atoms with van der Waals surface area (Å²) in [5.41, 5.74) is -0.351. The average molecular weight is 278 g/mol. The van der Waals surface area contributed by atoms with Gasteiger partial charge in [-0.2, -0.15) is 13.2 Å². The lowest BCUT2D eigenvalue weighted by Gasteiger charge is -2.13. The molecule has 0 spiro atoms. The largest absolute Gasteiger partial charge is 0.417 e. The summed E-state index contributed by atoms with van der Waals surface area (Å²) in [5, 5.41) is 8.89. The number of hydrogen-bond donors (Lipinski definition) is 1. The first-order chi connectivity index (χ1) is 8.49. The zero-order valence-corrected chi connectivity index (χ0v) is 11.1. The number of rotatable bonds is 6. The van der Waals surface area contributed by atoms with Crippen LogP contribution in [0.4, 0.5) is 13.2 Å². The Balaban J connectivity index is 2.82. The molecule has 1 rings (SSSR count). The Bertz CT molecular complexity index is 377. The molecule has 0 unspecified atom stereocenters. The van der Waals surface area contributed by atoms with Gasteiger partial charge in [0.1, 0.15) is 0 Å². The van der Waals surface area contributed by atoms with E-state index < -0.39 is 11.7 Å². The van der Waals surface area contributed by atoms with E-state index in [1.165, 1.54) is 23.9 Å². The molecule has 5 heteroatoms. The Hall–Kier alpha value is -0.680. The predicted octanol–water partition coefficient (Wildman–Crippen LogP) is 4.48. The van der Waals surface area contributed by atoms with Gasteiger partial charge in [-0.15, -0.1) is 11.8 Å². The Morgan fingerprint density at radius 1 is 1.22 bits per heavy atom. The second-order valence-corrected chi connectivity index (χ2v) is 5.18. The van der Waals surface area contributed by atoms with E-state index in [0.717, 1.165) is 25.3 Å². The zero-order chi connectivity index (χ0) is 13.6. The van der Waals surface area contributed by atoms with Gasteiger partial charge in [0, 0.05) is 4.90 Å². The predicted molar refractivity (Wildman–Crippen MR) is 67.6 cm³/mol. The van der Waals surface area contributed by atoms with Crippen LogP contribution in [0.25, 0.3) is 0 Å². The van der Waals surface area contributed by atoms with Crippen molar-refractivity contribution in [2.45, 2.75) is 43.9 Å². The molecular formula is C13H17F3OS. The van der Waals surface area contributed by atoms with Crippen molar-refractivity contribution >= 4 is 11.8 Å². The van der Waals surface area contributed by atoms with Gasteiger partial charge in [0.15, 0.2) is 0 Å². The number of aliphatic hydroxyl groups excluding tert-OH is 1. The molecule has 0 saturated carbocycles. The van der Waals surface area contributed by atoms with Gasteiger partial charge in [-0.05, 0) is 29.9 Å². The molecule has 1 aromatic carbocycles. The first-order valence-electron chi connectivity index (χ1n) is 5.92. The smallest absolute Gasteiger partial charge is 0.392 e. The fourth-order valence-corrected chi connectivity index (χ4v) is 2.62. The van der Waals surface area contributed by atoms with Gasteiger partial charge in [0.2, 0.25) is 0 Å². The van der Waals surface area contributed by atoms with Crippen LogP contribution >= 0.6 is 11.8 Å². The molecular weight excluding hydrogens is 261 g/mol. The lowest BCUT2D eigenvalue weighted by molar-refractivity contribution is -0.139. The monoisotopic (exact) mass is 278 g/mol. The maximum absolute atomic E-state index is 12.8. The molecule has 0 saturated heterocycles. The quantitative estimate of drug-likeness (QED) is 0.611. The van der Waals surface area contributed by atoms with E-state index >= 15 is 0 Å². The lowest BCUT2D eigenvalue weighted by atomic mass is 10.1. The second kappa shape index (κ2) is 7.04. The fraction of sp³-hybridized carbons (Fsp3) is 0.538. The van der Waals surface area contributed by atoms with Crippen LogP contribution in [0.3, 0.4) is 0 Å². The molecule has 0 radical (unpaired) electrons. The van der Waals surface area contributed by atoms with Gasteiger partial charge in [0.05, 0.1) is 12.2 Å². The average Bonchev–Trinajstić information content (AvgIpc) is 2.33. The van der Waals surface area contributed by atoms with Crippen molar-refractivity contribution in [2.24, 2.45) is 0 Å². The van der Waals surface area contributed by atoms with Crippen LogP contribution in [0.15, 0.2) is 23.1 Å². The Morgan fingerprint density at radius 3 is 2.50 bits per heavy atom. The molecule has 1 N–H and O–H groups in total. The van der Waals surface area contributed by atoms with E-state index in [4.69, 9.17) is 5.11 Å². The summed E-state index contributed by atoms with van der Waals surface area (Å²) in [4.78, 5) is 0.246. The third-order valence-corrected chi connectivity index (χ3v) is 3.70. The van der Waals surface area contributed by atoms with Crippen LogP contribution in [-0.4, -0.2) is 10.9 Å². The summed E-state index contributed by atoms with van der Waals surface area (Å²) in [5.74, 6) is 0.690. The van der Waals surface area contributed by atoms with Gasteiger partial charge in [0.25, 0.3) is 0 Å². The number of aliphatic hydroxyl groups is 1. The Labute approximate surface area is 109 Å². The number of hydrogen-bond acceptors (Lipinski definition) is 2. The molecule has 1 nitrogen and oxygen atoms in total. The second-order valence-electron chi connectivity index (χ2n) is 4.04. The van der Waals surface area contributed by atoms with Crippen molar-refractivity contribution < 1.29 is 18.3 Å². The highest BCUT2D eigenvalue weighted by Crippen LogP contribution is 2.37. The van der Waals surface area contributed by atoms with E-state index in [9.17, 15) is 13.2 Å². The first kappa shape index (κ1) is 15.4. The SMILES string of the molecule is CCCCCSc1ccc(CO)cc1C(F)(F)F. The topological polar surface area (TPSA) is 20.2 Å². The highest BCUT2D eigenvalue weighted by molar-refractivity contribution is 7.99. The molecule has 0 aliphatic rings. The first-order valence-corrected chi connectivity index (χ1v) is 6.91. The molecule has 102 valence electrons. The third kappa shape index (κ3) is 4.53. The van der Waals surface area contributed by atoms with Gasteiger partial charge in [-0.1, -0.05) is 25.8 Å². The summed E-state index contributed by atoms with van der Waals surface area (Å²) in [6.45, 7) is 1.69. The van der Waals surface area contributed by atoms with Crippen LogP contribution in [-0.2, 0) is 12.8 Å². The summed E-state index contributed by atoms with van der Waals surface area (Å²) >= 11 is 1.23. The van der Waals surface area contributed by atoms with Gasteiger partial charge >= 0.3 is 6.18 Å². The molecule has 0 bridgehead atoms. The maximum Gasteiger partial charge on any atom is 0.417 e. The van der Waals surface area contributed by atoms with Gasteiger partial charge < -0.3 is 5.11 Å². The van der Waals surface area contributed by atoms with E-state index in [2.05, 4.69) is 6.92 Å². The van der Waals surface area contributed by atoms with Gasteiger partial charge in [-0.3, -0.25) is 0 Å². The molecule has 0 amide bonds. The van der Waals surface area contributed by atoms with Crippen molar-refractivity contribution in [3.63, 3.8) is 0 Å². The molecule has 0 fully saturated rings. The van der Waals surface area contributed by atoms with Crippen molar-refractivity contribution in [1.82, 2.24) is 0 Å². The van der Waals surface area contributed by atoms with Crippen LogP contribution in [0, 0.1) is 0 Å². The van der Waals surface area contributed by atoms with Crippen molar-refractivity contribution in [1.29, 1.82) is 0 Å². The van der Waals surface area contributed by atoms with Crippen LogP contribution < -0.4 is 0 Å². The highest BCUT2D eigenvalue weighted by Gasteiger charge is 2.33. The van der Waals surface area contributed by atoms with E-state index in [1.807, 2.05) is 0 Å². The minimum Gasteiger partial charge on any atom is -0.392 e. The highest BCUT2D eigenvalue weighted by atomic mass is 32.2. The minimum atomic E-state index is -4.36. The summed E-state index contributed by atoms with van der Waals surface area (Å²) < 4.78 is 38.5. The summed E-state index contributed by atoms with van der Waals surface area (Å²) in [6.07, 6.45) is -1.36. The number of benzene rings is 1. The Morgan fingerprint density at radius 2 is 1.94 bits per heavy atom. The summed E-state index contributed by atoms with van der Waals surface area (Å²) in [6, 6.07) is 4.02. The molecule has 0 heterocycles. The van der Waals surface area contributed by atoms with Crippen molar-refractivity contribution in [3.05, 3.63) is 29.3 Å². The molecule has 0 atom stereocenters. The van der Waals surface area contributed by atoms with E-state index in [1.54, 1.807) is 0 Å². The number of alkyl halides is 3. The maximum atomic E-state index is 12.8. The van der Waals surface area contributed by atoms with Crippen molar-refractivity contribution in [3.8, 4) is 0 Å². The summed E-state index contributed by atoms with van der Waals surface area (Å²) in [7, 11) is 0. The van der Waals surface area contributed by atoms with E-state index in [0.29, 0.717) is 11.3 Å². The normalized spacial score (nSPS) is 11.8. The molecule has 1 aromatic rings. The molecule has 0 aromatic heterocycles. The van der Waals surface area contributed by atoms with Crippen LogP contribution in [0.1, 0.15) is 37.3 Å². The lowest BCUT2D eigenvalue weighted by Crippen LogP contribution is -2.08. The van der Waals surface area contributed by atoms with E-state index in [-0.39, 0.29) is 11.5 Å². The Kier molecular flexibility index (Phi) is 6.02. The molecule has 0 aliphatic carbocycles. The number of unbranched alkanes of at least 4 members (excludes halogenated alkanes) is 2. The minimum absolute atomic E-state index is 0.246. The van der Waals surface area contributed by atoms with Crippen molar-refractivity contribution in [2.75, 3.05) is 5.75 Å². The fourth-order valence-electron chi connectivity index (χ4n) is 1.56.